The van der Waals surface area contributed by atoms with Crippen LogP contribution in [0.25, 0.3) is 0 Å². The minimum atomic E-state index is -1.51. The summed E-state index contributed by atoms with van der Waals surface area (Å²) >= 11 is 5.39. The van der Waals surface area contributed by atoms with Crippen LogP contribution in [0.3, 0.4) is 0 Å². The number of carboxylic acids is 2. The van der Waals surface area contributed by atoms with Gasteiger partial charge in [-0.15, -0.1) is 46.6 Å². The predicted molar refractivity (Wildman–Crippen MR) is 193 cm³/mol. The maximum absolute atomic E-state index is 12.5. The number of carboxylic acid groups (broad SMARTS) is 2. The standard InChI is InChI=1S/C17H17N3O6S2.C16H16N2O6S2.Na/c1-9(21)26-6-10-7-28-16-13(15(23)20(16)14(10)17(24)25)19-12(22)8-27-11-2-4-18-5-3-11;1-8(19)24-6-9-7-26-15-12(14(21)18(15)13(9)16(22)23)17-11(20)5-10-3-2-4-25-10;/h2-5,13,16H,6-8H2,1H3,(H,19,22)(H,24,25);2-4,12,15H,5-7H2,1H3,(H,17,20)(H,22,23);/q;;+1/p-1/t13-,16-;12-,15-;/m11./s1. The van der Waals surface area contributed by atoms with Crippen LogP contribution >= 0.6 is 46.6 Å². The van der Waals surface area contributed by atoms with Crippen molar-refractivity contribution in [3.63, 3.8) is 0 Å². The number of thioether (sulfide) groups is 3. The average Bonchev–Trinajstić information content (AvgIpc) is 3.66. The molecular formula is C33H32N5NaO12S4. The van der Waals surface area contributed by atoms with Gasteiger partial charge in [0.25, 0.3) is 11.8 Å². The summed E-state index contributed by atoms with van der Waals surface area (Å²) in [7, 11) is 0. The number of amides is 4. The Morgan fingerprint density at radius 3 is 1.89 bits per heavy atom. The molecule has 6 rings (SSSR count). The van der Waals surface area contributed by atoms with E-state index in [1.54, 1.807) is 24.5 Å². The summed E-state index contributed by atoms with van der Waals surface area (Å²) in [4.78, 5) is 102. The summed E-state index contributed by atoms with van der Waals surface area (Å²) in [6.45, 7) is 2.05. The van der Waals surface area contributed by atoms with Crippen molar-refractivity contribution in [1.82, 2.24) is 25.4 Å². The molecule has 2 aromatic heterocycles. The molecule has 0 unspecified atom stereocenters. The second kappa shape index (κ2) is 19.8. The molecule has 3 N–H and O–H groups in total. The van der Waals surface area contributed by atoms with E-state index in [9.17, 15) is 48.6 Å². The Balaban J connectivity index is 0.000000241. The molecule has 2 aromatic rings. The molecule has 4 amide bonds. The van der Waals surface area contributed by atoms with Crippen molar-refractivity contribution in [2.45, 2.75) is 48.0 Å². The molecule has 0 aliphatic carbocycles. The van der Waals surface area contributed by atoms with Crippen LogP contribution in [0.4, 0.5) is 0 Å². The zero-order valence-electron chi connectivity index (χ0n) is 29.5. The molecule has 0 saturated carbocycles. The molecule has 0 aromatic carbocycles. The van der Waals surface area contributed by atoms with Gasteiger partial charge in [-0.25, -0.2) is 4.79 Å². The number of fused-ring (bicyclic) bond motifs is 2. The van der Waals surface area contributed by atoms with E-state index in [-0.39, 0.29) is 83.9 Å². The van der Waals surface area contributed by atoms with Gasteiger partial charge in [0.05, 0.1) is 23.8 Å². The Labute approximate surface area is 352 Å². The average molecular weight is 842 g/mol. The van der Waals surface area contributed by atoms with Crippen LogP contribution in [0, 0.1) is 0 Å². The van der Waals surface area contributed by atoms with Crippen LogP contribution in [0.1, 0.15) is 18.7 Å². The Bertz CT molecular complexity index is 1910. The number of carbonyl (C=O) groups excluding carboxylic acids is 7. The number of ether oxygens (including phenoxy) is 2. The molecule has 0 bridgehead atoms. The summed E-state index contributed by atoms with van der Waals surface area (Å²) in [6, 6.07) is 5.66. The van der Waals surface area contributed by atoms with Gasteiger partial charge in [0.2, 0.25) is 11.8 Å². The molecule has 4 aliphatic rings. The topological polar surface area (TPSA) is 242 Å². The van der Waals surface area contributed by atoms with Gasteiger partial charge in [-0.05, 0) is 23.6 Å². The summed E-state index contributed by atoms with van der Waals surface area (Å²) < 4.78 is 9.73. The van der Waals surface area contributed by atoms with Crippen LogP contribution in [-0.2, 0) is 54.3 Å². The molecule has 2 saturated heterocycles. The Kier molecular flexibility index (Phi) is 15.8. The molecule has 17 nitrogen and oxygen atoms in total. The van der Waals surface area contributed by atoms with Gasteiger partial charge < -0.3 is 35.1 Å². The quantitative estimate of drug-likeness (QED) is 0.0776. The van der Waals surface area contributed by atoms with Crippen LogP contribution in [0.15, 0.2) is 69.5 Å². The van der Waals surface area contributed by atoms with E-state index in [0.29, 0.717) is 16.9 Å². The second-order valence-electron chi connectivity index (χ2n) is 11.7. The summed E-state index contributed by atoms with van der Waals surface area (Å²) in [5, 5.41) is 27.2. The number of esters is 2. The van der Waals surface area contributed by atoms with Crippen molar-refractivity contribution in [1.29, 1.82) is 0 Å². The zero-order chi connectivity index (χ0) is 39.1. The van der Waals surface area contributed by atoms with Crippen LogP contribution in [0.5, 0.6) is 0 Å². The first-order chi connectivity index (χ1) is 25.8. The molecule has 4 atom stereocenters. The molecule has 286 valence electrons. The Morgan fingerprint density at radius 1 is 0.873 bits per heavy atom. The maximum Gasteiger partial charge on any atom is 1.00 e. The van der Waals surface area contributed by atoms with Crippen LogP contribution in [0.2, 0.25) is 0 Å². The Morgan fingerprint density at radius 2 is 1.40 bits per heavy atom. The van der Waals surface area contributed by atoms with E-state index < -0.39 is 58.5 Å². The SMILES string of the molecule is CC(=O)OCC1=C(C(=O)O)N2C(=O)[C@@H](NC(=O)Cc3cccs3)[C@H]2SC1.CC(=O)OCC1=C(C(=O)[O-])N2C(=O)[C@@H](NC(=O)CSc3ccncc3)[C@H]2SC1.[Na+]. The Hall–Kier alpha value is -3.86. The van der Waals surface area contributed by atoms with E-state index in [1.165, 1.54) is 60.5 Å². The third-order valence-electron chi connectivity index (χ3n) is 7.96. The van der Waals surface area contributed by atoms with E-state index in [2.05, 4.69) is 15.6 Å². The minimum absolute atomic E-state index is 0. The first-order valence-corrected chi connectivity index (χ1v) is 19.9. The summed E-state index contributed by atoms with van der Waals surface area (Å²) in [6.07, 6.45) is 3.42. The number of aliphatic carboxylic acids is 2. The van der Waals surface area contributed by atoms with E-state index in [0.717, 1.165) is 19.6 Å². The van der Waals surface area contributed by atoms with Crippen LogP contribution < -0.4 is 45.3 Å². The fraction of sp³-hybridized carbons (Fsp3) is 0.364. The van der Waals surface area contributed by atoms with Gasteiger partial charge in [0.15, 0.2) is 0 Å². The number of rotatable bonds is 13. The number of nitrogens with one attached hydrogen (secondary N) is 2. The van der Waals surface area contributed by atoms with Crippen molar-refractivity contribution >= 4 is 94.1 Å². The monoisotopic (exact) mass is 841 g/mol. The predicted octanol–water partition coefficient (Wildman–Crippen LogP) is -3.26. The first-order valence-electron chi connectivity index (χ1n) is 16.0. The van der Waals surface area contributed by atoms with Gasteiger partial charge >= 0.3 is 47.5 Å². The van der Waals surface area contributed by atoms with E-state index in [1.807, 2.05) is 17.5 Å². The fourth-order valence-electron chi connectivity index (χ4n) is 5.55. The number of hydrogen-bond acceptors (Lipinski definition) is 16. The number of carbonyl (C=O) groups is 8. The first kappa shape index (κ1) is 43.9. The normalized spacial score (nSPS) is 20.9. The number of thiophene rings is 1. The molecule has 22 heteroatoms. The number of β-lactam (4-membered cyclic amide) rings is 2. The summed E-state index contributed by atoms with van der Waals surface area (Å²) in [5.74, 6) is -4.78. The minimum Gasteiger partial charge on any atom is -0.543 e. The molecule has 0 radical (unpaired) electrons. The van der Waals surface area contributed by atoms with Crippen molar-refractivity contribution in [2.24, 2.45) is 0 Å². The fourth-order valence-corrected chi connectivity index (χ4v) is 9.60. The van der Waals surface area contributed by atoms with Crippen molar-refractivity contribution in [3.05, 3.63) is 69.5 Å². The molecule has 4 aliphatic heterocycles. The number of pyridine rings is 1. The zero-order valence-corrected chi connectivity index (χ0v) is 34.8. The smallest absolute Gasteiger partial charge is 0.543 e. The third kappa shape index (κ3) is 10.7. The molecule has 55 heavy (non-hydrogen) atoms. The van der Waals surface area contributed by atoms with Gasteiger partial charge in [0, 0.05) is 58.7 Å². The van der Waals surface area contributed by atoms with E-state index >= 15 is 0 Å². The maximum atomic E-state index is 12.5. The largest absolute Gasteiger partial charge is 1.00 e. The van der Waals surface area contributed by atoms with Crippen LogP contribution in [-0.4, -0.2) is 121 Å². The van der Waals surface area contributed by atoms with E-state index in [4.69, 9.17) is 9.47 Å². The molecule has 2 fully saturated rings. The van der Waals surface area contributed by atoms with Gasteiger partial charge in [-0.2, -0.15) is 0 Å². The van der Waals surface area contributed by atoms with Gasteiger partial charge in [-0.3, -0.25) is 43.6 Å². The van der Waals surface area contributed by atoms with Crippen molar-refractivity contribution in [3.8, 4) is 0 Å². The van der Waals surface area contributed by atoms with Gasteiger partial charge in [-0.1, -0.05) is 6.07 Å². The number of nitrogens with zero attached hydrogens (tertiary/aromatic N) is 3. The van der Waals surface area contributed by atoms with Gasteiger partial charge in [0.1, 0.15) is 41.7 Å². The molecule has 6 heterocycles. The second-order valence-corrected chi connectivity index (χ2v) is 16.0. The molecular weight excluding hydrogens is 810 g/mol. The number of hydrogen-bond donors (Lipinski definition) is 3. The van der Waals surface area contributed by atoms with Crippen molar-refractivity contribution < 1.29 is 87.6 Å². The van der Waals surface area contributed by atoms with Crippen molar-refractivity contribution in [2.75, 3.05) is 30.5 Å². The number of aromatic nitrogens is 1. The third-order valence-corrected chi connectivity index (χ3v) is 12.5. The summed E-state index contributed by atoms with van der Waals surface area (Å²) in [5.41, 5.74) is 0.212. The molecule has 0 spiro atoms.